The molecule has 2 atom stereocenters. The van der Waals surface area contributed by atoms with Gasteiger partial charge in [-0.1, -0.05) is 18.9 Å². The van der Waals surface area contributed by atoms with Crippen LogP contribution in [0.25, 0.3) is 0 Å². The number of benzene rings is 1. The fraction of sp³-hybridized carbons (Fsp3) is 0.700. The minimum atomic E-state index is -0.590. The van der Waals surface area contributed by atoms with Crippen molar-refractivity contribution in [2.45, 2.75) is 68.8 Å². The Morgan fingerprint density at radius 2 is 1.92 bits per heavy atom. The first-order chi connectivity index (χ1) is 11.1. The second-order valence-corrected chi connectivity index (χ2v) is 8.06. The Morgan fingerprint density at radius 3 is 2.71 bits per heavy atom. The summed E-state index contributed by atoms with van der Waals surface area (Å²) >= 11 is 0. The fourth-order valence-corrected chi connectivity index (χ4v) is 5.06. The van der Waals surface area contributed by atoms with Crippen LogP contribution in [0, 0.1) is 5.92 Å². The van der Waals surface area contributed by atoms with Crippen molar-refractivity contribution in [3.8, 4) is 5.75 Å². The van der Waals surface area contributed by atoms with Gasteiger partial charge in [0, 0.05) is 5.41 Å². The number of fused-ring (bicyclic) bond motifs is 3. The van der Waals surface area contributed by atoms with E-state index in [0.717, 1.165) is 57.5 Å². The van der Waals surface area contributed by atoms with Crippen LogP contribution in [-0.4, -0.2) is 28.9 Å². The quantitative estimate of drug-likeness (QED) is 0.709. The average molecular weight is 352 g/mol. The van der Waals surface area contributed by atoms with Crippen LogP contribution in [0.1, 0.15) is 62.5 Å². The second-order valence-electron chi connectivity index (χ2n) is 8.06. The number of hydrogen-bond acceptors (Lipinski definition) is 3. The Labute approximate surface area is 151 Å². The number of phenols is 1. The Balaban J connectivity index is 0.00000169. The molecule has 1 aromatic carbocycles. The predicted octanol–water partition coefficient (Wildman–Crippen LogP) is 3.69. The molecule has 2 fully saturated rings. The van der Waals surface area contributed by atoms with E-state index in [1.54, 1.807) is 6.07 Å². The summed E-state index contributed by atoms with van der Waals surface area (Å²) in [7, 11) is 0. The van der Waals surface area contributed by atoms with Crippen LogP contribution >= 0.6 is 12.4 Å². The predicted molar refractivity (Wildman–Crippen MR) is 99.0 cm³/mol. The molecule has 4 heteroatoms. The summed E-state index contributed by atoms with van der Waals surface area (Å²) in [5, 5.41) is 25.1. The highest BCUT2D eigenvalue weighted by Gasteiger charge is 2.54. The highest BCUT2D eigenvalue weighted by molar-refractivity contribution is 5.85. The summed E-state index contributed by atoms with van der Waals surface area (Å²) in [4.78, 5) is 0. The molecule has 24 heavy (non-hydrogen) atoms. The number of phenolic OH excluding ortho intramolecular Hbond substituents is 1. The second kappa shape index (κ2) is 6.86. The van der Waals surface area contributed by atoms with Gasteiger partial charge in [-0.05, 0) is 87.2 Å². The monoisotopic (exact) mass is 351 g/mol. The van der Waals surface area contributed by atoms with Crippen LogP contribution in [0.2, 0.25) is 0 Å². The standard InChI is InChI=1S/C20H29NO2.ClH/c22-17-6-5-16-7-10-20(23)9-2-1-8-19(20,18(16)13-17)11-12-21-14-15-3-4-15;/h5-6,13,15,21-23H,1-4,7-12,14H2;1H/t19-,20+;/m0./s1. The maximum Gasteiger partial charge on any atom is 0.115 e. The van der Waals surface area contributed by atoms with Gasteiger partial charge in [-0.2, -0.15) is 0 Å². The molecule has 1 aromatic rings. The van der Waals surface area contributed by atoms with Crippen molar-refractivity contribution in [1.29, 1.82) is 0 Å². The lowest BCUT2D eigenvalue weighted by molar-refractivity contribution is -0.0869. The highest BCUT2D eigenvalue weighted by Crippen LogP contribution is 2.55. The van der Waals surface area contributed by atoms with Crippen molar-refractivity contribution in [3.05, 3.63) is 29.3 Å². The van der Waals surface area contributed by atoms with Crippen LogP contribution in [-0.2, 0) is 11.8 Å². The fourth-order valence-electron chi connectivity index (χ4n) is 5.06. The van der Waals surface area contributed by atoms with E-state index in [4.69, 9.17) is 0 Å². The van der Waals surface area contributed by atoms with Crippen molar-refractivity contribution in [1.82, 2.24) is 5.32 Å². The molecule has 134 valence electrons. The van der Waals surface area contributed by atoms with Crippen molar-refractivity contribution < 1.29 is 10.2 Å². The van der Waals surface area contributed by atoms with Crippen LogP contribution < -0.4 is 5.32 Å². The van der Waals surface area contributed by atoms with Crippen LogP contribution in [0.5, 0.6) is 5.75 Å². The Hall–Kier alpha value is -0.770. The first-order valence-electron chi connectivity index (χ1n) is 9.38. The molecule has 3 nitrogen and oxygen atoms in total. The number of rotatable bonds is 5. The van der Waals surface area contributed by atoms with E-state index in [1.165, 1.54) is 30.4 Å². The van der Waals surface area contributed by atoms with Gasteiger partial charge in [0.05, 0.1) is 5.60 Å². The van der Waals surface area contributed by atoms with Gasteiger partial charge < -0.3 is 15.5 Å². The third kappa shape index (κ3) is 3.07. The van der Waals surface area contributed by atoms with E-state index in [2.05, 4.69) is 11.4 Å². The maximum absolute atomic E-state index is 11.5. The lowest BCUT2D eigenvalue weighted by atomic mass is 9.53. The first kappa shape index (κ1) is 18.0. The van der Waals surface area contributed by atoms with Crippen molar-refractivity contribution >= 4 is 12.4 Å². The van der Waals surface area contributed by atoms with Crippen molar-refractivity contribution in [3.63, 3.8) is 0 Å². The summed E-state index contributed by atoms with van der Waals surface area (Å²) < 4.78 is 0. The van der Waals surface area contributed by atoms with Gasteiger partial charge in [0.1, 0.15) is 5.75 Å². The molecule has 0 heterocycles. The number of halogens is 1. The lowest BCUT2D eigenvalue weighted by Gasteiger charge is -2.55. The third-order valence-corrected chi connectivity index (χ3v) is 6.61. The SMILES string of the molecule is Cl.Oc1ccc2c(c1)[C@@]1(CCNCC3CC3)CCCC[C@@]1(O)CC2. The molecule has 0 aromatic heterocycles. The van der Waals surface area contributed by atoms with Gasteiger partial charge in [0.2, 0.25) is 0 Å². The zero-order valence-corrected chi connectivity index (χ0v) is 15.2. The van der Waals surface area contributed by atoms with E-state index in [9.17, 15) is 10.2 Å². The zero-order valence-electron chi connectivity index (χ0n) is 14.4. The molecule has 0 aliphatic heterocycles. The summed E-state index contributed by atoms with van der Waals surface area (Å²) in [6, 6.07) is 5.80. The van der Waals surface area contributed by atoms with Crippen LogP contribution in [0.3, 0.4) is 0 Å². The van der Waals surface area contributed by atoms with Gasteiger partial charge in [-0.15, -0.1) is 12.4 Å². The summed E-state index contributed by atoms with van der Waals surface area (Å²) in [5.74, 6) is 1.23. The molecule has 3 aliphatic carbocycles. The molecular formula is C20H30ClNO2. The normalized spacial score (nSPS) is 31.7. The molecule has 0 spiro atoms. The smallest absolute Gasteiger partial charge is 0.115 e. The number of aromatic hydroxyl groups is 1. The minimum absolute atomic E-state index is 0. The number of hydrogen-bond donors (Lipinski definition) is 3. The molecular weight excluding hydrogens is 322 g/mol. The van der Waals surface area contributed by atoms with E-state index in [1.807, 2.05) is 6.07 Å². The molecule has 2 saturated carbocycles. The van der Waals surface area contributed by atoms with Crippen LogP contribution in [0.4, 0.5) is 0 Å². The molecule has 0 amide bonds. The molecule has 4 rings (SSSR count). The number of nitrogens with one attached hydrogen (secondary N) is 1. The zero-order chi connectivity index (χ0) is 15.9. The first-order valence-corrected chi connectivity index (χ1v) is 9.38. The largest absolute Gasteiger partial charge is 0.508 e. The number of aryl methyl sites for hydroxylation is 1. The van der Waals surface area contributed by atoms with Gasteiger partial charge in [-0.3, -0.25) is 0 Å². The molecule has 0 bridgehead atoms. The lowest BCUT2D eigenvalue weighted by Crippen LogP contribution is -2.57. The van der Waals surface area contributed by atoms with Crippen molar-refractivity contribution in [2.75, 3.05) is 13.1 Å². The maximum atomic E-state index is 11.5. The summed E-state index contributed by atoms with van der Waals surface area (Å²) in [6.45, 7) is 2.09. The van der Waals surface area contributed by atoms with Gasteiger partial charge in [0.25, 0.3) is 0 Å². The Morgan fingerprint density at radius 1 is 1.12 bits per heavy atom. The minimum Gasteiger partial charge on any atom is -0.508 e. The van der Waals surface area contributed by atoms with Gasteiger partial charge in [-0.25, -0.2) is 0 Å². The summed E-state index contributed by atoms with van der Waals surface area (Å²) in [5.41, 5.74) is 1.79. The molecule has 3 aliphatic rings. The summed E-state index contributed by atoms with van der Waals surface area (Å²) in [6.07, 6.45) is 9.79. The molecule has 0 radical (unpaired) electrons. The van der Waals surface area contributed by atoms with E-state index in [-0.39, 0.29) is 17.8 Å². The molecule has 3 N–H and O–H groups in total. The molecule has 0 unspecified atom stereocenters. The van der Waals surface area contributed by atoms with E-state index >= 15 is 0 Å². The van der Waals surface area contributed by atoms with Gasteiger partial charge >= 0.3 is 0 Å². The Kier molecular flexibility index (Phi) is 5.15. The van der Waals surface area contributed by atoms with Crippen molar-refractivity contribution in [2.24, 2.45) is 5.92 Å². The van der Waals surface area contributed by atoms with E-state index < -0.39 is 5.60 Å². The van der Waals surface area contributed by atoms with E-state index in [0.29, 0.717) is 5.75 Å². The highest BCUT2D eigenvalue weighted by atomic mass is 35.5. The molecule has 0 saturated heterocycles. The number of aliphatic hydroxyl groups is 1. The third-order valence-electron chi connectivity index (χ3n) is 6.61. The van der Waals surface area contributed by atoms with Gasteiger partial charge in [0.15, 0.2) is 0 Å². The average Bonchev–Trinajstić information content (AvgIpc) is 3.36. The topological polar surface area (TPSA) is 52.5 Å². The Bertz CT molecular complexity index is 589. The van der Waals surface area contributed by atoms with Crippen LogP contribution in [0.15, 0.2) is 18.2 Å².